The number of fused-ring (bicyclic) bond motifs is 1. The zero-order valence-corrected chi connectivity index (χ0v) is 21.1. The number of sulfonamides is 1. The highest BCUT2D eigenvalue weighted by Crippen LogP contribution is 2.26. The van der Waals surface area contributed by atoms with Crippen LogP contribution in [0.3, 0.4) is 0 Å². The molecule has 0 spiro atoms. The van der Waals surface area contributed by atoms with Crippen molar-refractivity contribution in [2.24, 2.45) is 7.05 Å². The molecule has 2 saturated heterocycles. The fraction of sp³-hybridized carbons (Fsp3) is 0.444. The zero-order valence-electron chi connectivity index (χ0n) is 20.3. The molecule has 1 aromatic heterocycles. The van der Waals surface area contributed by atoms with E-state index in [2.05, 4.69) is 34.5 Å². The number of likely N-dealkylation sites (tertiary alicyclic amines) is 1. The smallest absolute Gasteiger partial charge is 0.268 e. The Hall–Kier alpha value is -2.68. The first-order chi connectivity index (χ1) is 16.9. The Morgan fingerprint density at radius 3 is 2.37 bits per heavy atom. The van der Waals surface area contributed by atoms with Crippen LogP contribution < -0.4 is 5.32 Å². The first-order valence-electron chi connectivity index (χ1n) is 12.6. The molecule has 0 radical (unpaired) electrons. The summed E-state index contributed by atoms with van der Waals surface area (Å²) in [5, 5.41) is 3.98. The van der Waals surface area contributed by atoms with E-state index in [-0.39, 0.29) is 11.9 Å². The second kappa shape index (κ2) is 10.1. The number of amides is 1. The molecule has 3 heterocycles. The van der Waals surface area contributed by atoms with E-state index < -0.39 is 10.0 Å². The van der Waals surface area contributed by atoms with E-state index in [0.29, 0.717) is 23.7 Å². The standard InChI is InChI=1S/C27H34N4O3S/c1-29-25-11-10-24(35(33,34)31-14-6-3-7-15-31)18-22(25)19-26(29)27(32)28-23-12-16-30(17-13-23)20-21-8-4-2-5-9-21/h2,4-5,8-11,18-19,23H,3,6-7,12-17,20H2,1H3,(H,28,32). The van der Waals surface area contributed by atoms with Gasteiger partial charge < -0.3 is 9.88 Å². The summed E-state index contributed by atoms with van der Waals surface area (Å²) >= 11 is 0. The Morgan fingerprint density at radius 1 is 0.943 bits per heavy atom. The van der Waals surface area contributed by atoms with Gasteiger partial charge in [-0.1, -0.05) is 36.8 Å². The Morgan fingerprint density at radius 2 is 1.66 bits per heavy atom. The van der Waals surface area contributed by atoms with Gasteiger partial charge in [-0.15, -0.1) is 0 Å². The van der Waals surface area contributed by atoms with Crippen LogP contribution in [-0.4, -0.2) is 60.3 Å². The third-order valence-electron chi connectivity index (χ3n) is 7.37. The lowest BCUT2D eigenvalue weighted by atomic mass is 10.0. The van der Waals surface area contributed by atoms with Crippen LogP contribution in [0.2, 0.25) is 0 Å². The SMILES string of the molecule is Cn1c(C(=O)NC2CCN(Cc3ccccc3)CC2)cc2cc(S(=O)(=O)N3CCCCC3)ccc21. The minimum atomic E-state index is -3.51. The van der Waals surface area contributed by atoms with Crippen LogP contribution >= 0.6 is 0 Å². The number of piperidine rings is 2. The number of carbonyl (C=O) groups is 1. The first-order valence-corrected chi connectivity index (χ1v) is 14.0. The van der Waals surface area contributed by atoms with Crippen molar-refractivity contribution in [1.29, 1.82) is 0 Å². The fourth-order valence-corrected chi connectivity index (χ4v) is 6.85. The number of rotatable bonds is 6. The Balaban J connectivity index is 1.25. The molecule has 8 heteroatoms. The Kier molecular flexibility index (Phi) is 6.95. The van der Waals surface area contributed by atoms with Gasteiger partial charge in [0.25, 0.3) is 5.91 Å². The minimum Gasteiger partial charge on any atom is -0.348 e. The fourth-order valence-electron chi connectivity index (χ4n) is 5.30. The molecule has 0 bridgehead atoms. The quantitative estimate of drug-likeness (QED) is 0.567. The van der Waals surface area contributed by atoms with E-state index in [1.807, 2.05) is 29.8 Å². The summed E-state index contributed by atoms with van der Waals surface area (Å²) in [7, 11) is -1.65. The highest BCUT2D eigenvalue weighted by molar-refractivity contribution is 7.89. The van der Waals surface area contributed by atoms with E-state index in [1.54, 1.807) is 16.4 Å². The molecule has 35 heavy (non-hydrogen) atoms. The number of hydrogen-bond acceptors (Lipinski definition) is 4. The first kappa shape index (κ1) is 24.0. The molecule has 2 fully saturated rings. The second-order valence-electron chi connectivity index (χ2n) is 9.78. The van der Waals surface area contributed by atoms with Crippen molar-refractivity contribution >= 4 is 26.8 Å². The molecule has 0 unspecified atom stereocenters. The lowest BCUT2D eigenvalue weighted by Crippen LogP contribution is -2.44. The summed E-state index contributed by atoms with van der Waals surface area (Å²) < 4.78 is 29.6. The van der Waals surface area contributed by atoms with Crippen molar-refractivity contribution < 1.29 is 13.2 Å². The topological polar surface area (TPSA) is 74.6 Å². The van der Waals surface area contributed by atoms with Crippen LogP contribution in [0.15, 0.2) is 59.5 Å². The molecule has 1 N–H and O–H groups in total. The van der Waals surface area contributed by atoms with E-state index in [0.717, 1.165) is 62.6 Å². The van der Waals surface area contributed by atoms with E-state index >= 15 is 0 Å². The van der Waals surface area contributed by atoms with Crippen molar-refractivity contribution in [2.45, 2.75) is 49.6 Å². The van der Waals surface area contributed by atoms with Crippen LogP contribution in [0.5, 0.6) is 0 Å². The molecule has 0 saturated carbocycles. The van der Waals surface area contributed by atoms with Gasteiger partial charge in [0.15, 0.2) is 0 Å². The molecule has 0 atom stereocenters. The normalized spacial score (nSPS) is 18.7. The molecule has 5 rings (SSSR count). The lowest BCUT2D eigenvalue weighted by Gasteiger charge is -2.32. The maximum absolute atomic E-state index is 13.1. The van der Waals surface area contributed by atoms with Gasteiger partial charge in [0.05, 0.1) is 4.90 Å². The third-order valence-corrected chi connectivity index (χ3v) is 9.27. The van der Waals surface area contributed by atoms with Crippen LogP contribution in [0.1, 0.15) is 48.2 Å². The number of benzene rings is 2. The van der Waals surface area contributed by atoms with Crippen molar-refractivity contribution in [3.05, 3.63) is 65.9 Å². The van der Waals surface area contributed by atoms with Crippen molar-refractivity contribution in [2.75, 3.05) is 26.2 Å². The van der Waals surface area contributed by atoms with E-state index in [9.17, 15) is 13.2 Å². The van der Waals surface area contributed by atoms with Crippen molar-refractivity contribution in [1.82, 2.24) is 19.1 Å². The zero-order chi connectivity index (χ0) is 24.4. The lowest BCUT2D eigenvalue weighted by molar-refractivity contribution is 0.0901. The van der Waals surface area contributed by atoms with Crippen LogP contribution in [-0.2, 0) is 23.6 Å². The molecule has 7 nitrogen and oxygen atoms in total. The summed E-state index contributed by atoms with van der Waals surface area (Å²) in [6, 6.07) is 17.6. The highest BCUT2D eigenvalue weighted by atomic mass is 32.2. The summed E-state index contributed by atoms with van der Waals surface area (Å²) in [6.45, 7) is 3.99. The second-order valence-corrected chi connectivity index (χ2v) is 11.7. The molecule has 1 amide bonds. The van der Waals surface area contributed by atoms with Crippen LogP contribution in [0.25, 0.3) is 10.9 Å². The van der Waals surface area contributed by atoms with Gasteiger partial charge in [-0.05, 0) is 55.5 Å². The number of aryl methyl sites for hydroxylation is 1. The monoisotopic (exact) mass is 494 g/mol. The van der Waals surface area contributed by atoms with Gasteiger partial charge in [0, 0.05) is 56.7 Å². The predicted octanol–water partition coefficient (Wildman–Crippen LogP) is 3.75. The number of nitrogens with one attached hydrogen (secondary N) is 1. The highest BCUT2D eigenvalue weighted by Gasteiger charge is 2.27. The van der Waals surface area contributed by atoms with Gasteiger partial charge in [-0.25, -0.2) is 8.42 Å². The number of carbonyl (C=O) groups excluding carboxylic acids is 1. The molecule has 2 aliphatic rings. The summed E-state index contributed by atoms with van der Waals surface area (Å²) in [6.07, 6.45) is 4.72. The summed E-state index contributed by atoms with van der Waals surface area (Å²) in [5.41, 5.74) is 2.72. The molecular formula is C27H34N4O3S. The average Bonchev–Trinajstić information content (AvgIpc) is 3.22. The molecule has 2 aromatic carbocycles. The maximum Gasteiger partial charge on any atom is 0.268 e. The summed E-state index contributed by atoms with van der Waals surface area (Å²) in [5.74, 6) is -0.106. The van der Waals surface area contributed by atoms with Gasteiger partial charge >= 0.3 is 0 Å². The van der Waals surface area contributed by atoms with Crippen LogP contribution in [0, 0.1) is 0 Å². The van der Waals surface area contributed by atoms with Gasteiger partial charge in [-0.3, -0.25) is 9.69 Å². The molecule has 0 aliphatic carbocycles. The Labute approximate surface area is 207 Å². The van der Waals surface area contributed by atoms with Crippen molar-refractivity contribution in [3.8, 4) is 0 Å². The van der Waals surface area contributed by atoms with E-state index in [1.165, 1.54) is 5.56 Å². The summed E-state index contributed by atoms with van der Waals surface area (Å²) in [4.78, 5) is 15.9. The predicted molar refractivity (Wildman–Crippen MR) is 138 cm³/mol. The van der Waals surface area contributed by atoms with Crippen LogP contribution in [0.4, 0.5) is 0 Å². The minimum absolute atomic E-state index is 0.106. The van der Waals surface area contributed by atoms with Gasteiger partial charge in [0.1, 0.15) is 5.69 Å². The van der Waals surface area contributed by atoms with E-state index in [4.69, 9.17) is 0 Å². The largest absolute Gasteiger partial charge is 0.348 e. The number of aromatic nitrogens is 1. The number of hydrogen-bond donors (Lipinski definition) is 1. The van der Waals surface area contributed by atoms with Crippen molar-refractivity contribution in [3.63, 3.8) is 0 Å². The third kappa shape index (κ3) is 5.15. The average molecular weight is 495 g/mol. The Bertz CT molecular complexity index is 1290. The molecular weight excluding hydrogens is 460 g/mol. The van der Waals surface area contributed by atoms with Gasteiger partial charge in [0.2, 0.25) is 10.0 Å². The molecule has 3 aromatic rings. The molecule has 186 valence electrons. The molecule has 2 aliphatic heterocycles. The number of nitrogens with zero attached hydrogens (tertiary/aromatic N) is 3. The maximum atomic E-state index is 13.1. The van der Waals surface area contributed by atoms with Gasteiger partial charge in [-0.2, -0.15) is 4.31 Å².